The molecule has 1 aliphatic carbocycles. The van der Waals surface area contributed by atoms with Crippen LogP contribution in [0, 0.1) is 11.8 Å². The fourth-order valence-electron chi connectivity index (χ4n) is 4.53. The quantitative estimate of drug-likeness (QED) is 0.734. The Morgan fingerprint density at radius 1 is 1.12 bits per heavy atom. The van der Waals surface area contributed by atoms with Gasteiger partial charge in [0.25, 0.3) is 0 Å². The van der Waals surface area contributed by atoms with Gasteiger partial charge in [0.05, 0.1) is 12.2 Å². The van der Waals surface area contributed by atoms with Crippen LogP contribution in [0.4, 0.5) is 0 Å². The van der Waals surface area contributed by atoms with Crippen LogP contribution in [0.15, 0.2) is 30.3 Å². The van der Waals surface area contributed by atoms with Crippen molar-refractivity contribution in [1.29, 1.82) is 0 Å². The molecule has 0 radical (unpaired) electrons. The van der Waals surface area contributed by atoms with Gasteiger partial charge in [-0.25, -0.2) is 0 Å². The maximum Gasteiger partial charge on any atom is 0.0916 e. The minimum Gasteiger partial charge on any atom is -0.387 e. The van der Waals surface area contributed by atoms with E-state index < -0.39 is 0 Å². The second kappa shape index (κ2) is 9.84. The number of aliphatic hydroxyl groups excluding tert-OH is 1. The zero-order valence-corrected chi connectivity index (χ0v) is 16.5. The molecule has 146 valence electrons. The molecule has 0 aromatic heterocycles. The van der Waals surface area contributed by atoms with Gasteiger partial charge in [-0.2, -0.15) is 0 Å². The monoisotopic (exact) mass is 360 g/mol. The molecule has 4 nitrogen and oxygen atoms in total. The molecule has 0 unspecified atom stereocenters. The summed E-state index contributed by atoms with van der Waals surface area (Å²) in [6.45, 7) is 8.35. The molecule has 1 aromatic carbocycles. The lowest BCUT2D eigenvalue weighted by molar-refractivity contribution is -0.0331. The third kappa shape index (κ3) is 5.78. The molecule has 2 fully saturated rings. The number of benzene rings is 1. The molecule has 1 saturated heterocycles. The Morgan fingerprint density at radius 3 is 2.42 bits per heavy atom. The van der Waals surface area contributed by atoms with Crippen molar-refractivity contribution in [3.05, 3.63) is 35.9 Å². The van der Waals surface area contributed by atoms with Gasteiger partial charge < -0.3 is 19.6 Å². The van der Waals surface area contributed by atoms with Crippen LogP contribution in [-0.4, -0.2) is 67.4 Å². The summed E-state index contributed by atoms with van der Waals surface area (Å²) in [6.07, 6.45) is 5.14. The lowest BCUT2D eigenvalue weighted by Crippen LogP contribution is -2.42. The molecule has 4 heteroatoms. The predicted octanol–water partition coefficient (Wildman–Crippen LogP) is 3.18. The summed E-state index contributed by atoms with van der Waals surface area (Å²) in [5.41, 5.74) is 1.03. The number of β-amino-alcohol motifs (C(OH)–C–C–N with tert-alkyl or cyclic N) is 1. The highest BCUT2D eigenvalue weighted by Crippen LogP contribution is 2.31. The van der Waals surface area contributed by atoms with E-state index in [-0.39, 0.29) is 6.10 Å². The van der Waals surface area contributed by atoms with Gasteiger partial charge in [0.2, 0.25) is 0 Å². The van der Waals surface area contributed by atoms with E-state index in [9.17, 15) is 5.11 Å². The van der Waals surface area contributed by atoms with Crippen molar-refractivity contribution in [2.75, 3.05) is 46.4 Å². The van der Waals surface area contributed by atoms with E-state index in [0.29, 0.717) is 6.10 Å². The highest BCUT2D eigenvalue weighted by atomic mass is 16.5. The lowest BCUT2D eigenvalue weighted by atomic mass is 9.81. The number of ether oxygens (including phenoxy) is 1. The molecule has 1 atom stereocenters. The Balaban J connectivity index is 1.31. The molecular formula is C22H36N2O2. The molecule has 0 amide bonds. The van der Waals surface area contributed by atoms with Crippen LogP contribution in [-0.2, 0) is 4.74 Å². The standard InChI is InChI=1S/C22H36N2O2/c1-3-26-21-13-19(14-21)16-23(2)15-18-9-11-24(12-10-18)17-22(25)20-7-5-4-6-8-20/h4-8,18-19,21-22,25H,3,9-17H2,1-2H3/t19?,21?,22-/m0/s1. The smallest absolute Gasteiger partial charge is 0.0916 e. The van der Waals surface area contributed by atoms with E-state index in [1.54, 1.807) is 0 Å². The van der Waals surface area contributed by atoms with E-state index in [2.05, 4.69) is 23.8 Å². The first-order valence-corrected chi connectivity index (χ1v) is 10.4. The van der Waals surface area contributed by atoms with Crippen molar-refractivity contribution < 1.29 is 9.84 Å². The van der Waals surface area contributed by atoms with E-state index in [0.717, 1.165) is 43.6 Å². The first-order valence-electron chi connectivity index (χ1n) is 10.4. The highest BCUT2D eigenvalue weighted by Gasteiger charge is 2.31. The fraction of sp³-hybridized carbons (Fsp3) is 0.727. The number of rotatable bonds is 9. The predicted molar refractivity (Wildman–Crippen MR) is 106 cm³/mol. The number of piperidine rings is 1. The molecular weight excluding hydrogens is 324 g/mol. The third-order valence-corrected chi connectivity index (χ3v) is 6.06. The largest absolute Gasteiger partial charge is 0.387 e. The Kier molecular flexibility index (Phi) is 7.50. The van der Waals surface area contributed by atoms with Gasteiger partial charge in [-0.3, -0.25) is 0 Å². The molecule has 3 rings (SSSR count). The fourth-order valence-corrected chi connectivity index (χ4v) is 4.53. The summed E-state index contributed by atoms with van der Waals surface area (Å²) in [6, 6.07) is 10.0. The molecule has 0 bridgehead atoms. The summed E-state index contributed by atoms with van der Waals surface area (Å²) < 4.78 is 5.67. The molecule has 1 saturated carbocycles. The van der Waals surface area contributed by atoms with Crippen molar-refractivity contribution in [2.24, 2.45) is 11.8 Å². The van der Waals surface area contributed by atoms with Crippen LogP contribution >= 0.6 is 0 Å². The van der Waals surface area contributed by atoms with Gasteiger partial charge >= 0.3 is 0 Å². The van der Waals surface area contributed by atoms with Crippen LogP contribution in [0.2, 0.25) is 0 Å². The molecule has 0 spiro atoms. The van der Waals surface area contributed by atoms with Crippen molar-refractivity contribution in [3.63, 3.8) is 0 Å². The Morgan fingerprint density at radius 2 is 1.77 bits per heavy atom. The molecule has 1 aliphatic heterocycles. The van der Waals surface area contributed by atoms with Crippen molar-refractivity contribution in [3.8, 4) is 0 Å². The Labute approximate surface area is 159 Å². The minimum absolute atomic E-state index is 0.368. The molecule has 1 heterocycles. The molecule has 1 aromatic rings. The van der Waals surface area contributed by atoms with E-state index in [1.165, 1.54) is 38.8 Å². The highest BCUT2D eigenvalue weighted by molar-refractivity contribution is 5.17. The van der Waals surface area contributed by atoms with Crippen LogP contribution in [0.5, 0.6) is 0 Å². The van der Waals surface area contributed by atoms with Crippen LogP contribution in [0.3, 0.4) is 0 Å². The minimum atomic E-state index is -0.368. The van der Waals surface area contributed by atoms with E-state index >= 15 is 0 Å². The van der Waals surface area contributed by atoms with E-state index in [1.807, 2.05) is 30.3 Å². The first-order chi connectivity index (χ1) is 12.6. The Bertz CT molecular complexity index is 510. The lowest BCUT2D eigenvalue weighted by Gasteiger charge is -2.39. The van der Waals surface area contributed by atoms with Gasteiger partial charge in [-0.15, -0.1) is 0 Å². The van der Waals surface area contributed by atoms with Gasteiger partial charge in [0, 0.05) is 26.2 Å². The van der Waals surface area contributed by atoms with Crippen LogP contribution in [0.25, 0.3) is 0 Å². The third-order valence-electron chi connectivity index (χ3n) is 6.06. The molecule has 26 heavy (non-hydrogen) atoms. The van der Waals surface area contributed by atoms with Crippen LogP contribution < -0.4 is 0 Å². The SMILES string of the molecule is CCOC1CC(CN(C)CC2CCN(C[C@H](O)c3ccccc3)CC2)C1. The summed E-state index contributed by atoms with van der Waals surface area (Å²) in [5.74, 6) is 1.63. The maximum absolute atomic E-state index is 10.4. The normalized spacial score (nSPS) is 26.0. The number of nitrogens with zero attached hydrogens (tertiary/aromatic N) is 2. The maximum atomic E-state index is 10.4. The number of likely N-dealkylation sites (tertiary alicyclic amines) is 1. The summed E-state index contributed by atoms with van der Waals surface area (Å²) in [5, 5.41) is 10.4. The number of aliphatic hydroxyl groups is 1. The molecule has 2 aliphatic rings. The zero-order valence-electron chi connectivity index (χ0n) is 16.5. The summed E-state index contributed by atoms with van der Waals surface area (Å²) in [7, 11) is 2.28. The van der Waals surface area contributed by atoms with Gasteiger partial charge in [0.1, 0.15) is 0 Å². The average Bonchev–Trinajstić information content (AvgIpc) is 2.62. The second-order valence-corrected chi connectivity index (χ2v) is 8.31. The topological polar surface area (TPSA) is 35.9 Å². The van der Waals surface area contributed by atoms with Gasteiger partial charge in [0.15, 0.2) is 0 Å². The number of hydrogen-bond donors (Lipinski definition) is 1. The molecule has 1 N–H and O–H groups in total. The average molecular weight is 361 g/mol. The second-order valence-electron chi connectivity index (χ2n) is 8.31. The van der Waals surface area contributed by atoms with E-state index in [4.69, 9.17) is 4.74 Å². The number of hydrogen-bond acceptors (Lipinski definition) is 4. The van der Waals surface area contributed by atoms with Crippen molar-refractivity contribution >= 4 is 0 Å². The zero-order chi connectivity index (χ0) is 18.4. The first kappa shape index (κ1) is 19.8. The van der Waals surface area contributed by atoms with Crippen LogP contribution in [0.1, 0.15) is 44.3 Å². The van der Waals surface area contributed by atoms with Gasteiger partial charge in [-0.1, -0.05) is 30.3 Å². The van der Waals surface area contributed by atoms with Crippen molar-refractivity contribution in [1.82, 2.24) is 9.80 Å². The van der Waals surface area contributed by atoms with Crippen molar-refractivity contribution in [2.45, 2.75) is 44.8 Å². The summed E-state index contributed by atoms with van der Waals surface area (Å²) >= 11 is 0. The Hall–Kier alpha value is -0.940. The van der Waals surface area contributed by atoms with Gasteiger partial charge in [-0.05, 0) is 70.1 Å². The summed E-state index contributed by atoms with van der Waals surface area (Å²) in [4.78, 5) is 4.96.